The van der Waals surface area contributed by atoms with E-state index in [1.165, 1.54) is 0 Å². The van der Waals surface area contributed by atoms with Gasteiger partial charge in [0.1, 0.15) is 0 Å². The van der Waals surface area contributed by atoms with Crippen molar-refractivity contribution in [3.05, 3.63) is 52.8 Å². The highest BCUT2D eigenvalue weighted by Crippen LogP contribution is 2.15. The minimum Gasteiger partial charge on any atom is -0.372 e. The maximum absolute atomic E-state index is 12.7. The zero-order chi connectivity index (χ0) is 18.7. The minimum absolute atomic E-state index is 0.0594. The summed E-state index contributed by atoms with van der Waals surface area (Å²) in [4.78, 5) is 23.3. The van der Waals surface area contributed by atoms with Crippen molar-refractivity contribution in [3.8, 4) is 0 Å². The Morgan fingerprint density at radius 3 is 2.27 bits per heavy atom. The molecule has 0 unspecified atom stereocenters. The van der Waals surface area contributed by atoms with E-state index in [9.17, 15) is 4.79 Å². The van der Waals surface area contributed by atoms with Crippen molar-refractivity contribution in [2.24, 2.45) is 0 Å². The van der Waals surface area contributed by atoms with Crippen LogP contribution in [0.5, 0.6) is 0 Å². The number of anilines is 1. The van der Waals surface area contributed by atoms with Gasteiger partial charge < -0.3 is 15.0 Å². The van der Waals surface area contributed by atoms with Crippen molar-refractivity contribution in [1.29, 1.82) is 0 Å². The molecule has 2 atom stereocenters. The Balaban J connectivity index is 1.62. The molecular formula is C20H26N4O2. The predicted octanol–water partition coefficient (Wildman–Crippen LogP) is 2.95. The number of nitrogens with zero attached hydrogens (tertiary/aromatic N) is 3. The fourth-order valence-electron chi connectivity index (χ4n) is 3.28. The lowest BCUT2D eigenvalue weighted by atomic mass is 10.1. The number of carbonyl (C=O) groups excluding carboxylic acids is 1. The molecule has 0 spiro atoms. The summed E-state index contributed by atoms with van der Waals surface area (Å²) >= 11 is 0. The highest BCUT2D eigenvalue weighted by atomic mass is 16.5. The molecule has 0 radical (unpaired) electrons. The lowest BCUT2D eigenvalue weighted by Gasteiger charge is -2.35. The van der Waals surface area contributed by atoms with Crippen molar-refractivity contribution in [3.63, 3.8) is 0 Å². The van der Waals surface area contributed by atoms with Crippen molar-refractivity contribution >= 4 is 11.9 Å². The van der Waals surface area contributed by atoms with Gasteiger partial charge in [-0.1, -0.05) is 12.1 Å². The molecule has 1 fully saturated rings. The summed E-state index contributed by atoms with van der Waals surface area (Å²) < 4.78 is 5.70. The van der Waals surface area contributed by atoms with E-state index in [0.717, 1.165) is 17.0 Å². The van der Waals surface area contributed by atoms with E-state index < -0.39 is 0 Å². The van der Waals surface area contributed by atoms with Crippen LogP contribution in [-0.4, -0.2) is 46.1 Å². The third-order valence-electron chi connectivity index (χ3n) is 4.34. The van der Waals surface area contributed by atoms with Crippen LogP contribution in [0.2, 0.25) is 0 Å². The van der Waals surface area contributed by atoms with E-state index >= 15 is 0 Å². The monoisotopic (exact) mass is 354 g/mol. The molecule has 26 heavy (non-hydrogen) atoms. The Labute approximate surface area is 154 Å². The number of benzene rings is 1. The lowest BCUT2D eigenvalue weighted by Crippen LogP contribution is -2.48. The maximum atomic E-state index is 12.7. The average Bonchev–Trinajstić information content (AvgIpc) is 2.58. The molecule has 0 aliphatic carbocycles. The molecule has 0 saturated carbocycles. The van der Waals surface area contributed by atoms with E-state index in [-0.39, 0.29) is 18.1 Å². The standard InChI is InChI=1S/C20H26N4O2/c1-13-9-14(2)23-20(22-13)21-10-17-5-7-18(8-6-17)19(25)24-11-15(3)26-16(4)12-24/h5-9,15-16H,10-12H2,1-4H3,(H,21,22,23)/t15-,16-/m0/s1. The topological polar surface area (TPSA) is 67.4 Å². The van der Waals surface area contributed by atoms with Crippen LogP contribution in [0.15, 0.2) is 30.3 Å². The normalized spacial score (nSPS) is 20.1. The van der Waals surface area contributed by atoms with Gasteiger partial charge in [-0.05, 0) is 51.5 Å². The second-order valence-corrected chi connectivity index (χ2v) is 6.99. The molecule has 3 rings (SSSR count). The first-order valence-electron chi connectivity index (χ1n) is 9.00. The summed E-state index contributed by atoms with van der Waals surface area (Å²) in [6.45, 7) is 9.79. The summed E-state index contributed by atoms with van der Waals surface area (Å²) in [5.74, 6) is 0.683. The number of aromatic nitrogens is 2. The number of carbonyl (C=O) groups is 1. The van der Waals surface area contributed by atoms with Crippen LogP contribution in [0.25, 0.3) is 0 Å². The zero-order valence-corrected chi connectivity index (χ0v) is 15.8. The molecule has 1 aromatic carbocycles. The maximum Gasteiger partial charge on any atom is 0.254 e. The molecule has 6 nitrogen and oxygen atoms in total. The fraction of sp³-hybridized carbons (Fsp3) is 0.450. The molecule has 138 valence electrons. The van der Waals surface area contributed by atoms with Gasteiger partial charge in [-0.25, -0.2) is 9.97 Å². The van der Waals surface area contributed by atoms with E-state index in [1.54, 1.807) is 0 Å². The van der Waals surface area contributed by atoms with E-state index in [0.29, 0.717) is 31.1 Å². The smallest absolute Gasteiger partial charge is 0.254 e. The molecule has 1 aliphatic heterocycles. The van der Waals surface area contributed by atoms with Gasteiger partial charge >= 0.3 is 0 Å². The molecule has 1 aromatic heterocycles. The predicted molar refractivity (Wildman–Crippen MR) is 101 cm³/mol. The van der Waals surface area contributed by atoms with Crippen molar-refractivity contribution in [1.82, 2.24) is 14.9 Å². The number of hydrogen-bond acceptors (Lipinski definition) is 5. The van der Waals surface area contributed by atoms with E-state index in [2.05, 4.69) is 15.3 Å². The number of morpholine rings is 1. The summed E-state index contributed by atoms with van der Waals surface area (Å²) in [7, 11) is 0. The largest absolute Gasteiger partial charge is 0.372 e. The molecule has 1 amide bonds. The van der Waals surface area contributed by atoms with Crippen molar-refractivity contribution in [2.45, 2.75) is 46.4 Å². The number of nitrogens with one attached hydrogen (secondary N) is 1. The first kappa shape index (κ1) is 18.3. The second kappa shape index (κ2) is 7.83. The van der Waals surface area contributed by atoms with Gasteiger partial charge in [0, 0.05) is 36.6 Å². The molecular weight excluding hydrogens is 328 g/mol. The molecule has 2 aromatic rings. The third-order valence-corrected chi connectivity index (χ3v) is 4.34. The first-order valence-corrected chi connectivity index (χ1v) is 9.00. The van der Waals surface area contributed by atoms with E-state index in [1.807, 2.05) is 62.9 Å². The Hall–Kier alpha value is -2.47. The number of hydrogen-bond donors (Lipinski definition) is 1. The minimum atomic E-state index is 0.0594. The quantitative estimate of drug-likeness (QED) is 0.914. The number of aryl methyl sites for hydroxylation is 2. The third kappa shape index (κ3) is 4.58. The Kier molecular flexibility index (Phi) is 5.52. The van der Waals surface area contributed by atoms with Gasteiger partial charge in [0.15, 0.2) is 0 Å². The van der Waals surface area contributed by atoms with Crippen LogP contribution in [-0.2, 0) is 11.3 Å². The van der Waals surface area contributed by atoms with Crippen LogP contribution in [0, 0.1) is 13.8 Å². The first-order chi connectivity index (χ1) is 12.4. The Bertz CT molecular complexity index is 746. The number of ether oxygens (including phenoxy) is 1. The number of amides is 1. The summed E-state index contributed by atoms with van der Waals surface area (Å²) in [6.07, 6.45) is 0.146. The van der Waals surface area contributed by atoms with Crippen LogP contribution in [0.4, 0.5) is 5.95 Å². The molecule has 0 bridgehead atoms. The van der Waals surface area contributed by atoms with Crippen molar-refractivity contribution < 1.29 is 9.53 Å². The van der Waals surface area contributed by atoms with Gasteiger partial charge in [-0.3, -0.25) is 4.79 Å². The molecule has 2 heterocycles. The Morgan fingerprint density at radius 1 is 1.12 bits per heavy atom. The van der Waals surface area contributed by atoms with Crippen LogP contribution >= 0.6 is 0 Å². The van der Waals surface area contributed by atoms with Gasteiger partial charge in [0.25, 0.3) is 5.91 Å². The summed E-state index contributed by atoms with van der Waals surface area (Å²) in [6, 6.07) is 9.64. The van der Waals surface area contributed by atoms with E-state index in [4.69, 9.17) is 4.74 Å². The summed E-state index contributed by atoms with van der Waals surface area (Å²) in [5, 5.41) is 3.23. The molecule has 6 heteroatoms. The number of rotatable bonds is 4. The molecule has 1 aliphatic rings. The van der Waals surface area contributed by atoms with Crippen LogP contribution in [0.3, 0.4) is 0 Å². The zero-order valence-electron chi connectivity index (χ0n) is 15.8. The van der Waals surface area contributed by atoms with Gasteiger partial charge in [-0.2, -0.15) is 0 Å². The highest BCUT2D eigenvalue weighted by Gasteiger charge is 2.26. The lowest BCUT2D eigenvalue weighted by molar-refractivity contribution is -0.0586. The van der Waals surface area contributed by atoms with Crippen molar-refractivity contribution in [2.75, 3.05) is 18.4 Å². The Morgan fingerprint density at radius 2 is 1.69 bits per heavy atom. The SMILES string of the molecule is Cc1cc(C)nc(NCc2ccc(C(=O)N3C[C@H](C)O[C@@H](C)C3)cc2)n1. The van der Waals surface area contributed by atoms with Crippen LogP contribution < -0.4 is 5.32 Å². The fourth-order valence-corrected chi connectivity index (χ4v) is 3.28. The average molecular weight is 354 g/mol. The van der Waals surface area contributed by atoms with Crippen LogP contribution in [0.1, 0.15) is 41.2 Å². The van der Waals surface area contributed by atoms with Gasteiger partial charge in [0.05, 0.1) is 12.2 Å². The molecule has 1 saturated heterocycles. The van der Waals surface area contributed by atoms with Gasteiger partial charge in [-0.15, -0.1) is 0 Å². The highest BCUT2D eigenvalue weighted by molar-refractivity contribution is 5.94. The van der Waals surface area contributed by atoms with Gasteiger partial charge in [0.2, 0.25) is 5.95 Å². The summed E-state index contributed by atoms with van der Waals surface area (Å²) in [5.41, 5.74) is 3.66. The molecule has 1 N–H and O–H groups in total. The second-order valence-electron chi connectivity index (χ2n) is 6.99.